The number of hydrogen-bond donors (Lipinski definition) is 1. The van der Waals surface area contributed by atoms with Gasteiger partial charge < -0.3 is 5.32 Å². The molecule has 2 nitrogen and oxygen atoms in total. The molecule has 1 saturated heterocycles. The van der Waals surface area contributed by atoms with Crippen molar-refractivity contribution in [3.63, 3.8) is 0 Å². The Bertz CT molecular complexity index is 402. The van der Waals surface area contributed by atoms with Gasteiger partial charge in [0.15, 0.2) is 0 Å². The number of likely N-dealkylation sites (tertiary alicyclic amines) is 1. The number of halogens is 2. The van der Waals surface area contributed by atoms with Crippen LogP contribution in [0, 0.1) is 17.0 Å². The number of nitrogens with zero attached hydrogens (tertiary/aromatic N) is 1. The van der Waals surface area contributed by atoms with Crippen molar-refractivity contribution < 1.29 is 8.78 Å². The van der Waals surface area contributed by atoms with Gasteiger partial charge in [0.05, 0.1) is 0 Å². The molecule has 0 amide bonds. The molecule has 18 heavy (non-hydrogen) atoms. The number of hydrogen-bond acceptors (Lipinski definition) is 2. The van der Waals surface area contributed by atoms with Gasteiger partial charge >= 0.3 is 0 Å². The van der Waals surface area contributed by atoms with Crippen molar-refractivity contribution in [2.45, 2.75) is 19.9 Å². The molecule has 1 atom stereocenters. The van der Waals surface area contributed by atoms with Gasteiger partial charge in [-0.2, -0.15) is 0 Å². The van der Waals surface area contributed by atoms with E-state index >= 15 is 0 Å². The second-order valence-corrected chi connectivity index (χ2v) is 5.58. The summed E-state index contributed by atoms with van der Waals surface area (Å²) in [6.45, 7) is 5.78. The van der Waals surface area contributed by atoms with Crippen molar-refractivity contribution in [3.05, 3.63) is 35.4 Å². The molecule has 2 rings (SSSR count). The van der Waals surface area contributed by atoms with E-state index in [2.05, 4.69) is 17.1 Å². The van der Waals surface area contributed by atoms with Crippen LogP contribution in [0.5, 0.6) is 0 Å². The van der Waals surface area contributed by atoms with E-state index in [-0.39, 0.29) is 5.41 Å². The van der Waals surface area contributed by atoms with Crippen LogP contribution in [-0.4, -0.2) is 31.6 Å². The molecule has 1 fully saturated rings. The average Bonchev–Trinajstić information content (AvgIpc) is 2.58. The first-order valence-corrected chi connectivity index (χ1v) is 6.33. The Balaban J connectivity index is 1.99. The maximum absolute atomic E-state index is 13.1. The molecule has 0 aliphatic carbocycles. The second-order valence-electron chi connectivity index (χ2n) is 5.58. The zero-order valence-electron chi connectivity index (χ0n) is 11.0. The summed E-state index contributed by atoms with van der Waals surface area (Å²) < 4.78 is 26.2. The molecule has 1 aromatic carbocycles. The van der Waals surface area contributed by atoms with Gasteiger partial charge in [0.2, 0.25) is 0 Å². The summed E-state index contributed by atoms with van der Waals surface area (Å²) in [6.07, 6.45) is 1.12. The van der Waals surface area contributed by atoms with Gasteiger partial charge in [-0.3, -0.25) is 4.90 Å². The fourth-order valence-corrected chi connectivity index (χ4v) is 2.79. The fourth-order valence-electron chi connectivity index (χ4n) is 2.79. The smallest absolute Gasteiger partial charge is 0.126 e. The minimum Gasteiger partial charge on any atom is -0.319 e. The number of rotatable bonds is 4. The van der Waals surface area contributed by atoms with E-state index in [1.54, 1.807) is 0 Å². The molecular weight excluding hydrogens is 234 g/mol. The van der Waals surface area contributed by atoms with E-state index in [4.69, 9.17) is 0 Å². The highest BCUT2D eigenvalue weighted by Crippen LogP contribution is 2.30. The Morgan fingerprint density at radius 2 is 1.94 bits per heavy atom. The zero-order valence-corrected chi connectivity index (χ0v) is 11.0. The van der Waals surface area contributed by atoms with Crippen molar-refractivity contribution in [2.24, 2.45) is 5.41 Å². The standard InChI is InChI=1S/C14H20F2N2/c1-14(9-17-2)3-4-18(10-14)8-11-5-12(15)7-13(16)6-11/h5-7,17H,3-4,8-10H2,1-2H3. The lowest BCUT2D eigenvalue weighted by atomic mass is 9.90. The normalized spacial score (nSPS) is 24.7. The Hall–Kier alpha value is -1.00. The van der Waals surface area contributed by atoms with Gasteiger partial charge in [0, 0.05) is 25.7 Å². The molecule has 1 aliphatic heterocycles. The van der Waals surface area contributed by atoms with Crippen molar-refractivity contribution in [1.29, 1.82) is 0 Å². The third-order valence-corrected chi connectivity index (χ3v) is 3.57. The summed E-state index contributed by atoms with van der Waals surface area (Å²) in [4.78, 5) is 2.26. The predicted molar refractivity (Wildman–Crippen MR) is 68.3 cm³/mol. The van der Waals surface area contributed by atoms with Gasteiger partial charge in [-0.1, -0.05) is 6.92 Å². The van der Waals surface area contributed by atoms with E-state index in [9.17, 15) is 8.78 Å². The molecule has 0 bridgehead atoms. The summed E-state index contributed by atoms with van der Waals surface area (Å²) in [5, 5.41) is 3.21. The van der Waals surface area contributed by atoms with Gasteiger partial charge in [0.25, 0.3) is 0 Å². The first kappa shape index (κ1) is 13.4. The molecule has 1 N–H and O–H groups in total. The topological polar surface area (TPSA) is 15.3 Å². The predicted octanol–water partition coefficient (Wildman–Crippen LogP) is 2.40. The third-order valence-electron chi connectivity index (χ3n) is 3.57. The Kier molecular flexibility index (Phi) is 3.97. The van der Waals surface area contributed by atoms with Crippen LogP contribution in [0.4, 0.5) is 8.78 Å². The van der Waals surface area contributed by atoms with Crippen LogP contribution in [0.2, 0.25) is 0 Å². The SMILES string of the molecule is CNCC1(C)CCN(Cc2cc(F)cc(F)c2)C1. The molecule has 0 saturated carbocycles. The van der Waals surface area contributed by atoms with Crippen molar-refractivity contribution in [3.8, 4) is 0 Å². The zero-order chi connectivity index (χ0) is 13.2. The first-order valence-electron chi connectivity index (χ1n) is 6.33. The maximum Gasteiger partial charge on any atom is 0.126 e. The molecule has 1 aromatic rings. The van der Waals surface area contributed by atoms with E-state index < -0.39 is 11.6 Å². The molecule has 100 valence electrons. The van der Waals surface area contributed by atoms with E-state index in [1.165, 1.54) is 12.1 Å². The van der Waals surface area contributed by atoms with Gasteiger partial charge in [-0.25, -0.2) is 8.78 Å². The Labute approximate surface area is 107 Å². The van der Waals surface area contributed by atoms with Crippen LogP contribution in [-0.2, 0) is 6.54 Å². The summed E-state index contributed by atoms with van der Waals surface area (Å²) in [5.41, 5.74) is 0.974. The first-order chi connectivity index (χ1) is 8.50. The average molecular weight is 254 g/mol. The lowest BCUT2D eigenvalue weighted by molar-refractivity contribution is 0.265. The van der Waals surface area contributed by atoms with E-state index in [0.717, 1.165) is 32.1 Å². The summed E-state index contributed by atoms with van der Waals surface area (Å²) >= 11 is 0. The van der Waals surface area contributed by atoms with Crippen LogP contribution in [0.25, 0.3) is 0 Å². The molecule has 0 radical (unpaired) electrons. The van der Waals surface area contributed by atoms with Gasteiger partial charge in [0.1, 0.15) is 11.6 Å². The van der Waals surface area contributed by atoms with Crippen molar-refractivity contribution >= 4 is 0 Å². The third kappa shape index (κ3) is 3.27. The molecule has 1 aliphatic rings. The highest BCUT2D eigenvalue weighted by molar-refractivity contribution is 5.18. The van der Waals surface area contributed by atoms with Gasteiger partial charge in [-0.15, -0.1) is 0 Å². The van der Waals surface area contributed by atoms with Crippen LogP contribution in [0.3, 0.4) is 0 Å². The monoisotopic (exact) mass is 254 g/mol. The lowest BCUT2D eigenvalue weighted by Crippen LogP contribution is -2.32. The highest BCUT2D eigenvalue weighted by Gasteiger charge is 2.32. The molecule has 1 unspecified atom stereocenters. The minimum atomic E-state index is -0.498. The Morgan fingerprint density at radius 3 is 2.56 bits per heavy atom. The number of nitrogens with one attached hydrogen (secondary N) is 1. The molecule has 4 heteroatoms. The highest BCUT2D eigenvalue weighted by atomic mass is 19.1. The van der Waals surface area contributed by atoms with Crippen LogP contribution in [0.15, 0.2) is 18.2 Å². The van der Waals surface area contributed by atoms with Crippen molar-refractivity contribution in [2.75, 3.05) is 26.7 Å². The summed E-state index contributed by atoms with van der Waals surface area (Å²) in [6, 6.07) is 3.74. The summed E-state index contributed by atoms with van der Waals surface area (Å²) in [5.74, 6) is -0.996. The minimum absolute atomic E-state index is 0.265. The van der Waals surface area contributed by atoms with E-state index in [0.29, 0.717) is 12.1 Å². The Morgan fingerprint density at radius 1 is 1.28 bits per heavy atom. The summed E-state index contributed by atoms with van der Waals surface area (Å²) in [7, 11) is 1.95. The van der Waals surface area contributed by atoms with E-state index in [1.807, 2.05) is 7.05 Å². The second kappa shape index (κ2) is 5.33. The van der Waals surface area contributed by atoms with Gasteiger partial charge in [-0.05, 0) is 43.1 Å². The molecular formula is C14H20F2N2. The molecule has 0 aromatic heterocycles. The molecule has 0 spiro atoms. The fraction of sp³-hybridized carbons (Fsp3) is 0.571. The quantitative estimate of drug-likeness (QED) is 0.887. The van der Waals surface area contributed by atoms with Crippen LogP contribution < -0.4 is 5.32 Å². The van der Waals surface area contributed by atoms with Crippen molar-refractivity contribution in [1.82, 2.24) is 10.2 Å². The molecule has 1 heterocycles. The number of benzene rings is 1. The lowest BCUT2D eigenvalue weighted by Gasteiger charge is -2.24. The van der Waals surface area contributed by atoms with Crippen LogP contribution in [0.1, 0.15) is 18.9 Å². The van der Waals surface area contributed by atoms with Crippen LogP contribution >= 0.6 is 0 Å². The maximum atomic E-state index is 13.1. The largest absolute Gasteiger partial charge is 0.319 e.